The summed E-state index contributed by atoms with van der Waals surface area (Å²) in [7, 11) is 11.5. The molecule has 0 amide bonds. The Hall–Kier alpha value is -4.27. The predicted molar refractivity (Wildman–Crippen MR) is 161 cm³/mol. The van der Waals surface area contributed by atoms with Crippen LogP contribution in [0.2, 0.25) is 0 Å². The highest BCUT2D eigenvalue weighted by Gasteiger charge is 2.36. The maximum atomic E-state index is 14.4. The summed E-state index contributed by atoms with van der Waals surface area (Å²) in [5.41, 5.74) is -1.56. The van der Waals surface area contributed by atoms with Crippen LogP contribution in [0.5, 0.6) is 5.75 Å². The zero-order valence-corrected chi connectivity index (χ0v) is 24.8. The van der Waals surface area contributed by atoms with Gasteiger partial charge in [0.2, 0.25) is 0 Å². The number of hydrogen-bond donors (Lipinski definition) is 3. The summed E-state index contributed by atoms with van der Waals surface area (Å²) in [5.74, 6) is -1.62. The molecule has 4 N–H and O–H groups in total. The van der Waals surface area contributed by atoms with E-state index >= 15 is 0 Å². The maximum absolute atomic E-state index is 14.4. The van der Waals surface area contributed by atoms with Crippen LogP contribution in [0.15, 0.2) is 46.5 Å². The largest absolute Gasteiger partial charge is 0.478 e. The Kier molecular flexibility index (Phi) is 13.3. The SMILES string of the molecule is C1CCCCC1.CC.Nc1cn[nH]c(=O)c1C(F)(F)F.[B]C([B])(O)Oc1cnc(-c2cc3c(F)cn(C)c(=O)c3cc2F)nc1. The molecule has 17 heteroatoms. The molecular weight excluding hydrogens is 601 g/mol. The highest BCUT2D eigenvalue weighted by Crippen LogP contribution is 2.29. The molecule has 0 atom stereocenters. The Morgan fingerprint density at radius 1 is 0.933 bits per heavy atom. The zero-order valence-electron chi connectivity index (χ0n) is 24.8. The van der Waals surface area contributed by atoms with E-state index in [-0.39, 0.29) is 27.9 Å². The molecule has 0 aliphatic heterocycles. The van der Waals surface area contributed by atoms with Crippen LogP contribution in [0.25, 0.3) is 22.2 Å². The van der Waals surface area contributed by atoms with E-state index < -0.39 is 45.8 Å². The van der Waals surface area contributed by atoms with Gasteiger partial charge in [0.15, 0.2) is 27.3 Å². The van der Waals surface area contributed by atoms with E-state index in [1.54, 1.807) is 5.10 Å². The van der Waals surface area contributed by atoms with E-state index in [0.717, 1.165) is 41.5 Å². The second kappa shape index (κ2) is 16.2. The molecule has 3 aromatic heterocycles. The number of nitrogen functional groups attached to an aromatic ring is 1. The van der Waals surface area contributed by atoms with Gasteiger partial charge in [-0.2, -0.15) is 18.3 Å². The Labute approximate surface area is 257 Å². The summed E-state index contributed by atoms with van der Waals surface area (Å²) in [4.78, 5) is 30.3. The minimum atomic E-state index is -4.74. The monoisotopic (exact) mass is 632 g/mol. The molecule has 0 saturated heterocycles. The van der Waals surface area contributed by atoms with Gasteiger partial charge in [0, 0.05) is 18.6 Å². The topological polar surface area (TPSA) is 149 Å². The summed E-state index contributed by atoms with van der Waals surface area (Å²) in [6.45, 7) is 4.00. The van der Waals surface area contributed by atoms with Gasteiger partial charge in [0.05, 0.1) is 35.2 Å². The number of rotatable bonds is 3. The van der Waals surface area contributed by atoms with Gasteiger partial charge in [-0.25, -0.2) is 23.8 Å². The Morgan fingerprint density at radius 2 is 1.47 bits per heavy atom. The highest BCUT2D eigenvalue weighted by molar-refractivity contribution is 6.37. The van der Waals surface area contributed by atoms with Crippen LogP contribution in [0.4, 0.5) is 27.6 Å². The molecule has 1 fully saturated rings. The summed E-state index contributed by atoms with van der Waals surface area (Å²) in [5, 5.41) is 13.7. The molecular formula is C28H31B2F5N6O4. The van der Waals surface area contributed by atoms with Crippen molar-refractivity contribution in [2.75, 3.05) is 5.73 Å². The summed E-state index contributed by atoms with van der Waals surface area (Å²) in [6, 6.07) is 2.09. The van der Waals surface area contributed by atoms with Crippen LogP contribution in [0.1, 0.15) is 57.9 Å². The first-order chi connectivity index (χ1) is 21.1. The van der Waals surface area contributed by atoms with E-state index in [9.17, 15) is 31.5 Å². The van der Waals surface area contributed by atoms with Gasteiger partial charge in [0.1, 0.15) is 22.8 Å². The fourth-order valence-electron chi connectivity index (χ4n) is 4.07. The molecule has 1 saturated carbocycles. The number of nitrogens with one attached hydrogen (secondary N) is 1. The molecule has 4 aromatic rings. The lowest BCUT2D eigenvalue weighted by molar-refractivity contribution is -0.138. The number of nitrogens with zero attached hydrogens (tertiary/aromatic N) is 4. The number of aromatic amines is 1. The number of alkyl halides is 3. The van der Waals surface area contributed by atoms with Gasteiger partial charge in [-0.1, -0.05) is 52.4 Å². The van der Waals surface area contributed by atoms with Crippen LogP contribution in [0.3, 0.4) is 0 Å². The number of halogens is 5. The highest BCUT2D eigenvalue weighted by atomic mass is 19.4. The number of aryl methyl sites for hydroxylation is 1. The third kappa shape index (κ3) is 10.7. The Morgan fingerprint density at radius 3 is 1.91 bits per heavy atom. The first kappa shape index (κ1) is 36.9. The predicted octanol–water partition coefficient (Wildman–Crippen LogP) is 4.33. The van der Waals surface area contributed by atoms with E-state index in [0.29, 0.717) is 0 Å². The molecule has 3 heterocycles. The average Bonchev–Trinajstić information content (AvgIpc) is 2.97. The van der Waals surface area contributed by atoms with Crippen LogP contribution in [-0.4, -0.2) is 51.1 Å². The van der Waals surface area contributed by atoms with Gasteiger partial charge in [-0.3, -0.25) is 9.59 Å². The number of H-pyrrole nitrogens is 1. The molecule has 0 unspecified atom stereocenters. The van der Waals surface area contributed by atoms with E-state index in [4.69, 9.17) is 31.3 Å². The molecule has 10 nitrogen and oxygen atoms in total. The molecule has 0 spiro atoms. The van der Waals surface area contributed by atoms with Gasteiger partial charge in [-0.15, -0.1) is 0 Å². The number of aromatic nitrogens is 5. The van der Waals surface area contributed by atoms with Gasteiger partial charge in [-0.05, 0) is 12.1 Å². The number of nitrogens with two attached hydrogens (primary N) is 1. The van der Waals surface area contributed by atoms with Crippen molar-refractivity contribution in [1.29, 1.82) is 0 Å². The second-order valence-corrected chi connectivity index (χ2v) is 9.52. The molecule has 1 aliphatic rings. The van der Waals surface area contributed by atoms with Crippen molar-refractivity contribution in [2.45, 2.75) is 64.1 Å². The van der Waals surface area contributed by atoms with E-state index in [2.05, 4.69) is 15.1 Å². The van der Waals surface area contributed by atoms with Crippen LogP contribution < -0.4 is 21.6 Å². The minimum absolute atomic E-state index is 0.0540. The Bertz CT molecular complexity index is 1660. The lowest BCUT2D eigenvalue weighted by atomic mass is 9.77. The molecule has 0 bridgehead atoms. The number of aliphatic hydroxyl groups is 1. The smallest absolute Gasteiger partial charge is 0.423 e. The van der Waals surface area contributed by atoms with Crippen molar-refractivity contribution >= 4 is 32.2 Å². The normalized spacial score (nSPS) is 12.9. The fourth-order valence-corrected chi connectivity index (χ4v) is 4.07. The van der Waals surface area contributed by atoms with E-state index in [1.165, 1.54) is 45.6 Å². The Balaban J connectivity index is 0.000000290. The zero-order chi connectivity index (χ0) is 33.9. The van der Waals surface area contributed by atoms with Crippen LogP contribution >= 0.6 is 0 Å². The van der Waals surface area contributed by atoms with Gasteiger partial charge in [0.25, 0.3) is 11.1 Å². The standard InChI is InChI=1S/C15H9B2F2N3O3.C6H12.C5H4F3N3O.C2H6/c1-22-6-12(19)8-2-10(11(18)3-9(8)14(22)23)13-20-4-7(5-21-13)25-15(16,17)24;1-2-4-6-5-3-1;6-5(7,8)3-2(9)1-10-11-4(3)12;1-2/h2-6,24H,1H3;1-6H2;1H,(H3,9,11,12);1-2H3. The lowest BCUT2D eigenvalue weighted by Crippen LogP contribution is -2.36. The second-order valence-electron chi connectivity index (χ2n) is 9.52. The summed E-state index contributed by atoms with van der Waals surface area (Å²) in [6.07, 6.45) is 8.23. The third-order valence-electron chi connectivity index (χ3n) is 6.04. The van der Waals surface area contributed by atoms with Crippen molar-refractivity contribution in [3.8, 4) is 17.1 Å². The average molecular weight is 632 g/mol. The van der Waals surface area contributed by atoms with Crippen molar-refractivity contribution in [3.05, 3.63) is 74.8 Å². The van der Waals surface area contributed by atoms with Gasteiger partial charge < -0.3 is 20.1 Å². The number of pyridine rings is 1. The molecule has 1 aliphatic carbocycles. The lowest BCUT2D eigenvalue weighted by Gasteiger charge is -2.20. The van der Waals surface area contributed by atoms with Crippen molar-refractivity contribution < 1.29 is 31.8 Å². The summed E-state index contributed by atoms with van der Waals surface area (Å²) >= 11 is 0. The summed E-state index contributed by atoms with van der Waals surface area (Å²) < 4.78 is 70.2. The first-order valence-electron chi connectivity index (χ1n) is 13.8. The fraction of sp³-hybridized carbons (Fsp3) is 0.393. The molecule has 4 radical (unpaired) electrons. The molecule has 1 aromatic carbocycles. The van der Waals surface area contributed by atoms with Crippen molar-refractivity contribution in [1.82, 2.24) is 24.7 Å². The van der Waals surface area contributed by atoms with Gasteiger partial charge >= 0.3 is 6.18 Å². The molecule has 238 valence electrons. The quantitative estimate of drug-likeness (QED) is 0.172. The first-order valence-corrected chi connectivity index (χ1v) is 13.8. The number of ether oxygens (including phenoxy) is 1. The van der Waals surface area contributed by atoms with Crippen molar-refractivity contribution in [2.24, 2.45) is 7.05 Å². The number of fused-ring (bicyclic) bond motifs is 1. The maximum Gasteiger partial charge on any atom is 0.423 e. The third-order valence-corrected chi connectivity index (χ3v) is 6.04. The molecule has 5 rings (SSSR count). The number of hydrogen-bond acceptors (Lipinski definition) is 8. The minimum Gasteiger partial charge on any atom is -0.478 e. The van der Waals surface area contributed by atoms with Crippen molar-refractivity contribution in [3.63, 3.8) is 0 Å². The molecule has 45 heavy (non-hydrogen) atoms. The number of anilines is 1. The number of benzene rings is 1. The van der Waals surface area contributed by atoms with Crippen LogP contribution in [-0.2, 0) is 13.2 Å². The van der Waals surface area contributed by atoms with Crippen LogP contribution in [0, 0.1) is 11.6 Å². The van der Waals surface area contributed by atoms with E-state index in [1.807, 2.05) is 13.8 Å².